The van der Waals surface area contributed by atoms with E-state index < -0.39 is 0 Å². The zero-order valence-electron chi connectivity index (χ0n) is 12.0. The molecule has 1 atom stereocenters. The summed E-state index contributed by atoms with van der Waals surface area (Å²) in [4.78, 5) is 0. The molecule has 2 aromatic rings. The number of hydrogen-bond acceptors (Lipinski definition) is 4. The van der Waals surface area contributed by atoms with Gasteiger partial charge >= 0.3 is 0 Å². The van der Waals surface area contributed by atoms with Crippen LogP contribution < -0.4 is 14.8 Å². The van der Waals surface area contributed by atoms with Crippen molar-refractivity contribution in [2.75, 3.05) is 19.0 Å². The van der Waals surface area contributed by atoms with E-state index in [4.69, 9.17) is 9.47 Å². The first-order chi connectivity index (χ1) is 9.67. The van der Waals surface area contributed by atoms with Crippen molar-refractivity contribution in [1.82, 2.24) is 9.78 Å². The highest BCUT2D eigenvalue weighted by atomic mass is 16.5. The van der Waals surface area contributed by atoms with Gasteiger partial charge in [0, 0.05) is 25.2 Å². The van der Waals surface area contributed by atoms with Crippen LogP contribution in [0.5, 0.6) is 11.5 Å². The van der Waals surface area contributed by atoms with E-state index in [1.165, 1.54) is 0 Å². The molecule has 0 bridgehead atoms. The maximum absolute atomic E-state index is 5.71. The van der Waals surface area contributed by atoms with E-state index in [9.17, 15) is 0 Å². The number of anilines is 1. The minimum Gasteiger partial charge on any atom is -0.497 e. The fourth-order valence-corrected chi connectivity index (χ4v) is 2.58. The largest absolute Gasteiger partial charge is 0.497 e. The molecule has 1 unspecified atom stereocenters. The molecule has 0 spiro atoms. The molecule has 0 aliphatic carbocycles. The van der Waals surface area contributed by atoms with Gasteiger partial charge in [-0.15, -0.1) is 0 Å². The van der Waals surface area contributed by atoms with Crippen molar-refractivity contribution in [3.63, 3.8) is 0 Å². The standard InChI is InChI=1S/C15H19N3O2/c1-10-14(9-18(2)17-10)16-13-6-7-20-15-5-4-11(19-3)8-12(13)15/h4-5,8-9,13,16H,6-7H2,1-3H3. The fraction of sp³-hybridized carbons (Fsp3) is 0.400. The molecule has 0 saturated carbocycles. The Morgan fingerprint density at radius 1 is 1.45 bits per heavy atom. The Morgan fingerprint density at radius 2 is 2.30 bits per heavy atom. The molecule has 1 aromatic heterocycles. The van der Waals surface area contributed by atoms with Crippen LogP contribution in [0.25, 0.3) is 0 Å². The summed E-state index contributed by atoms with van der Waals surface area (Å²) in [6.07, 6.45) is 2.93. The lowest BCUT2D eigenvalue weighted by atomic mass is 10.00. The summed E-state index contributed by atoms with van der Waals surface area (Å²) in [5, 5.41) is 7.92. The number of fused-ring (bicyclic) bond motifs is 1. The van der Waals surface area contributed by atoms with Crippen LogP contribution in [0, 0.1) is 6.92 Å². The van der Waals surface area contributed by atoms with E-state index in [0.29, 0.717) is 0 Å². The molecular formula is C15H19N3O2. The van der Waals surface area contributed by atoms with Crippen LogP contribution in [0.1, 0.15) is 23.7 Å². The van der Waals surface area contributed by atoms with Gasteiger partial charge in [-0.05, 0) is 25.1 Å². The van der Waals surface area contributed by atoms with Crippen molar-refractivity contribution in [2.45, 2.75) is 19.4 Å². The number of ether oxygens (including phenoxy) is 2. The Labute approximate surface area is 118 Å². The zero-order chi connectivity index (χ0) is 14.1. The molecule has 106 valence electrons. The van der Waals surface area contributed by atoms with Gasteiger partial charge < -0.3 is 14.8 Å². The average Bonchev–Trinajstić information content (AvgIpc) is 2.77. The van der Waals surface area contributed by atoms with Gasteiger partial charge in [-0.25, -0.2) is 0 Å². The molecule has 0 fully saturated rings. The molecule has 1 aromatic carbocycles. The topological polar surface area (TPSA) is 48.3 Å². The Morgan fingerprint density at radius 3 is 3.00 bits per heavy atom. The summed E-state index contributed by atoms with van der Waals surface area (Å²) < 4.78 is 12.8. The molecule has 20 heavy (non-hydrogen) atoms. The molecule has 0 amide bonds. The maximum atomic E-state index is 5.71. The summed E-state index contributed by atoms with van der Waals surface area (Å²) in [6.45, 7) is 2.73. The SMILES string of the molecule is COc1ccc2c(c1)C(Nc1cn(C)nc1C)CCO2. The summed E-state index contributed by atoms with van der Waals surface area (Å²) in [5.41, 5.74) is 3.20. The normalized spacial score (nSPS) is 17.2. The molecule has 0 radical (unpaired) electrons. The number of methoxy groups -OCH3 is 1. The van der Waals surface area contributed by atoms with Gasteiger partial charge in [-0.2, -0.15) is 5.10 Å². The number of aromatic nitrogens is 2. The van der Waals surface area contributed by atoms with Crippen molar-refractivity contribution < 1.29 is 9.47 Å². The van der Waals surface area contributed by atoms with E-state index in [1.807, 2.05) is 43.0 Å². The highest BCUT2D eigenvalue weighted by Gasteiger charge is 2.23. The highest BCUT2D eigenvalue weighted by molar-refractivity contribution is 5.51. The first-order valence-corrected chi connectivity index (χ1v) is 6.75. The third-order valence-corrected chi connectivity index (χ3v) is 3.60. The van der Waals surface area contributed by atoms with Gasteiger partial charge in [-0.1, -0.05) is 0 Å². The van der Waals surface area contributed by atoms with Crippen LogP contribution in [0.2, 0.25) is 0 Å². The van der Waals surface area contributed by atoms with Crippen LogP contribution >= 0.6 is 0 Å². The fourth-order valence-electron chi connectivity index (χ4n) is 2.58. The predicted octanol–water partition coefficient (Wildman–Crippen LogP) is 2.67. The lowest BCUT2D eigenvalue weighted by Gasteiger charge is -2.27. The smallest absolute Gasteiger partial charge is 0.124 e. The Balaban J connectivity index is 1.91. The summed E-state index contributed by atoms with van der Waals surface area (Å²) >= 11 is 0. The van der Waals surface area contributed by atoms with Gasteiger partial charge in [0.1, 0.15) is 11.5 Å². The zero-order valence-corrected chi connectivity index (χ0v) is 12.0. The molecule has 1 aliphatic heterocycles. The van der Waals surface area contributed by atoms with Crippen LogP contribution in [-0.2, 0) is 7.05 Å². The van der Waals surface area contributed by atoms with Gasteiger partial charge in [0.15, 0.2) is 0 Å². The van der Waals surface area contributed by atoms with Crippen molar-refractivity contribution in [3.05, 3.63) is 35.7 Å². The first-order valence-electron chi connectivity index (χ1n) is 6.75. The molecule has 1 N–H and O–H groups in total. The minimum atomic E-state index is 0.219. The summed E-state index contributed by atoms with van der Waals surface area (Å²) in [6, 6.07) is 6.16. The second kappa shape index (κ2) is 5.07. The van der Waals surface area contributed by atoms with E-state index in [2.05, 4.69) is 10.4 Å². The van der Waals surface area contributed by atoms with E-state index in [-0.39, 0.29) is 6.04 Å². The van der Waals surface area contributed by atoms with Crippen LogP contribution in [-0.4, -0.2) is 23.5 Å². The van der Waals surface area contributed by atoms with Gasteiger partial charge in [0.25, 0.3) is 0 Å². The van der Waals surface area contributed by atoms with E-state index >= 15 is 0 Å². The Bertz CT molecular complexity index is 622. The second-order valence-electron chi connectivity index (χ2n) is 5.04. The number of hydrogen-bond donors (Lipinski definition) is 1. The third-order valence-electron chi connectivity index (χ3n) is 3.60. The second-order valence-corrected chi connectivity index (χ2v) is 5.04. The molecule has 3 rings (SSSR count). The summed E-state index contributed by atoms with van der Waals surface area (Å²) in [5.74, 6) is 1.78. The van der Waals surface area contributed by atoms with Crippen molar-refractivity contribution >= 4 is 5.69 Å². The quantitative estimate of drug-likeness (QED) is 0.934. The van der Waals surface area contributed by atoms with Gasteiger partial charge in [0.2, 0.25) is 0 Å². The molecule has 5 heteroatoms. The molecule has 5 nitrogen and oxygen atoms in total. The minimum absolute atomic E-state index is 0.219. The highest BCUT2D eigenvalue weighted by Crippen LogP contribution is 2.37. The van der Waals surface area contributed by atoms with Crippen LogP contribution in [0.15, 0.2) is 24.4 Å². The first kappa shape index (κ1) is 12.8. The maximum Gasteiger partial charge on any atom is 0.124 e. The van der Waals surface area contributed by atoms with Crippen molar-refractivity contribution in [1.29, 1.82) is 0 Å². The predicted molar refractivity (Wildman–Crippen MR) is 77.4 cm³/mol. The van der Waals surface area contributed by atoms with E-state index in [0.717, 1.165) is 41.5 Å². The number of aryl methyl sites for hydroxylation is 2. The lowest BCUT2D eigenvalue weighted by molar-refractivity contribution is 0.273. The van der Waals surface area contributed by atoms with E-state index in [1.54, 1.807) is 7.11 Å². The number of nitrogens with zero attached hydrogens (tertiary/aromatic N) is 2. The molecule has 1 aliphatic rings. The molecular weight excluding hydrogens is 254 g/mol. The monoisotopic (exact) mass is 273 g/mol. The van der Waals surface area contributed by atoms with Gasteiger partial charge in [-0.3, -0.25) is 4.68 Å². The van der Waals surface area contributed by atoms with Gasteiger partial charge in [0.05, 0.1) is 31.1 Å². The number of nitrogens with one attached hydrogen (secondary N) is 1. The van der Waals surface area contributed by atoms with Crippen LogP contribution in [0.4, 0.5) is 5.69 Å². The van der Waals surface area contributed by atoms with Crippen molar-refractivity contribution in [2.24, 2.45) is 7.05 Å². The number of rotatable bonds is 3. The lowest BCUT2D eigenvalue weighted by Crippen LogP contribution is -2.20. The average molecular weight is 273 g/mol. The Kier molecular flexibility index (Phi) is 3.26. The molecule has 2 heterocycles. The Hall–Kier alpha value is -2.17. The van der Waals surface area contributed by atoms with Crippen molar-refractivity contribution in [3.8, 4) is 11.5 Å². The summed E-state index contributed by atoms with van der Waals surface area (Å²) in [7, 11) is 3.61. The molecule has 0 saturated heterocycles. The number of benzene rings is 1. The van der Waals surface area contributed by atoms with Crippen LogP contribution in [0.3, 0.4) is 0 Å². The third kappa shape index (κ3) is 2.31.